The molecule has 0 saturated carbocycles. The highest BCUT2D eigenvalue weighted by atomic mass is 16.5. The molecule has 0 aliphatic carbocycles. The molecule has 1 aromatic carbocycles. The number of aromatic nitrogens is 5. The molecule has 8 nitrogen and oxygen atoms in total. The highest BCUT2D eigenvalue weighted by molar-refractivity contribution is 5.94. The van der Waals surface area contributed by atoms with E-state index in [9.17, 15) is 4.79 Å². The van der Waals surface area contributed by atoms with Crippen LogP contribution in [0, 0.1) is 0 Å². The molecule has 4 aromatic rings. The van der Waals surface area contributed by atoms with Crippen molar-refractivity contribution in [3.63, 3.8) is 0 Å². The van der Waals surface area contributed by atoms with Crippen LogP contribution in [0.4, 0.5) is 0 Å². The first-order valence-corrected chi connectivity index (χ1v) is 10.6. The molecule has 0 N–H and O–H groups in total. The van der Waals surface area contributed by atoms with Crippen molar-refractivity contribution in [2.75, 3.05) is 13.1 Å². The van der Waals surface area contributed by atoms with E-state index in [1.54, 1.807) is 24.5 Å². The van der Waals surface area contributed by atoms with Gasteiger partial charge in [-0.05, 0) is 44.9 Å². The van der Waals surface area contributed by atoms with Crippen molar-refractivity contribution in [2.45, 2.75) is 38.6 Å². The SMILES string of the molecule is CC(C)n1ncc2ccc(-c3noc(C4CCN(C(=O)c5ccncc5)CC4)n3)cc21. The fourth-order valence-corrected chi connectivity index (χ4v) is 4.11. The van der Waals surface area contributed by atoms with Gasteiger partial charge in [-0.3, -0.25) is 14.5 Å². The third kappa shape index (κ3) is 3.69. The van der Waals surface area contributed by atoms with Gasteiger partial charge in [-0.1, -0.05) is 17.3 Å². The number of likely N-dealkylation sites (tertiary alicyclic amines) is 1. The van der Waals surface area contributed by atoms with Crippen LogP contribution in [0.5, 0.6) is 0 Å². The molecular formula is C23H24N6O2. The Labute approximate surface area is 179 Å². The van der Waals surface area contributed by atoms with Crippen LogP contribution >= 0.6 is 0 Å². The van der Waals surface area contributed by atoms with Crippen molar-refractivity contribution in [3.05, 3.63) is 60.4 Å². The maximum Gasteiger partial charge on any atom is 0.253 e. The summed E-state index contributed by atoms with van der Waals surface area (Å²) in [5, 5.41) is 9.78. The molecule has 1 amide bonds. The molecule has 0 radical (unpaired) electrons. The molecule has 0 spiro atoms. The zero-order chi connectivity index (χ0) is 21.4. The van der Waals surface area contributed by atoms with Gasteiger partial charge in [0.15, 0.2) is 0 Å². The van der Waals surface area contributed by atoms with E-state index < -0.39 is 0 Å². The van der Waals surface area contributed by atoms with Gasteiger partial charge in [-0.15, -0.1) is 0 Å². The van der Waals surface area contributed by atoms with Crippen molar-refractivity contribution in [1.82, 2.24) is 29.8 Å². The van der Waals surface area contributed by atoms with Crippen LogP contribution in [-0.2, 0) is 0 Å². The number of piperidine rings is 1. The van der Waals surface area contributed by atoms with Gasteiger partial charge in [0, 0.05) is 54.0 Å². The Kier molecular flexibility index (Phi) is 4.97. The smallest absolute Gasteiger partial charge is 0.253 e. The number of hydrogen-bond donors (Lipinski definition) is 0. The van der Waals surface area contributed by atoms with Gasteiger partial charge in [0.05, 0.1) is 11.7 Å². The number of carbonyl (C=O) groups excluding carboxylic acids is 1. The number of rotatable bonds is 4. The largest absolute Gasteiger partial charge is 0.339 e. The molecule has 8 heteroatoms. The Morgan fingerprint density at radius 1 is 1.13 bits per heavy atom. The average molecular weight is 416 g/mol. The van der Waals surface area contributed by atoms with E-state index >= 15 is 0 Å². The van der Waals surface area contributed by atoms with Gasteiger partial charge in [-0.25, -0.2) is 0 Å². The number of benzene rings is 1. The Morgan fingerprint density at radius 2 is 1.90 bits per heavy atom. The minimum Gasteiger partial charge on any atom is -0.339 e. The van der Waals surface area contributed by atoms with E-state index in [1.165, 1.54) is 0 Å². The topological polar surface area (TPSA) is 89.9 Å². The number of hydrogen-bond acceptors (Lipinski definition) is 6. The molecular weight excluding hydrogens is 392 g/mol. The van der Waals surface area contributed by atoms with Crippen LogP contribution in [0.1, 0.15) is 54.9 Å². The molecule has 0 unspecified atom stereocenters. The fraction of sp³-hybridized carbons (Fsp3) is 0.348. The summed E-state index contributed by atoms with van der Waals surface area (Å²) in [6.45, 7) is 5.56. The number of nitrogens with zero attached hydrogens (tertiary/aromatic N) is 6. The first-order chi connectivity index (χ1) is 15.1. The first kappa shape index (κ1) is 19.4. The minimum absolute atomic E-state index is 0.0436. The quantitative estimate of drug-likeness (QED) is 0.498. The van der Waals surface area contributed by atoms with E-state index in [2.05, 4.69) is 40.1 Å². The molecule has 158 valence electrons. The maximum atomic E-state index is 12.6. The average Bonchev–Trinajstić information content (AvgIpc) is 3.46. The molecule has 3 aromatic heterocycles. The van der Waals surface area contributed by atoms with Crippen molar-refractivity contribution in [3.8, 4) is 11.4 Å². The normalized spacial score (nSPS) is 15.1. The van der Waals surface area contributed by atoms with Crippen LogP contribution < -0.4 is 0 Å². The predicted molar refractivity (Wildman–Crippen MR) is 116 cm³/mol. The van der Waals surface area contributed by atoms with Crippen molar-refractivity contribution in [1.29, 1.82) is 0 Å². The standard InChI is InChI=1S/C23H24N6O2/c1-15(2)29-20-13-18(3-4-19(20)14-25-29)21-26-22(31-27-21)16-7-11-28(12-8-16)23(30)17-5-9-24-10-6-17/h3-6,9-10,13-16H,7-8,11-12H2,1-2H3. The molecule has 1 saturated heterocycles. The lowest BCUT2D eigenvalue weighted by molar-refractivity contribution is 0.0704. The lowest BCUT2D eigenvalue weighted by Gasteiger charge is -2.30. The molecule has 0 atom stereocenters. The maximum absolute atomic E-state index is 12.6. The number of fused-ring (bicyclic) bond motifs is 1. The van der Waals surface area contributed by atoms with Gasteiger partial charge in [0.1, 0.15) is 0 Å². The number of amides is 1. The minimum atomic E-state index is 0.0436. The molecule has 1 aliphatic rings. The fourth-order valence-electron chi connectivity index (χ4n) is 4.11. The molecule has 31 heavy (non-hydrogen) atoms. The van der Waals surface area contributed by atoms with Crippen molar-refractivity contribution >= 4 is 16.8 Å². The van der Waals surface area contributed by atoms with Gasteiger partial charge in [-0.2, -0.15) is 10.1 Å². The molecule has 5 rings (SSSR count). The molecule has 4 heterocycles. The summed E-state index contributed by atoms with van der Waals surface area (Å²) in [4.78, 5) is 23.2. The van der Waals surface area contributed by atoms with E-state index in [0.717, 1.165) is 29.3 Å². The monoisotopic (exact) mass is 416 g/mol. The van der Waals surface area contributed by atoms with Crippen LogP contribution in [0.2, 0.25) is 0 Å². The Hall–Kier alpha value is -3.55. The molecule has 1 aliphatic heterocycles. The van der Waals surface area contributed by atoms with Gasteiger partial charge in [0.2, 0.25) is 11.7 Å². The second-order valence-electron chi connectivity index (χ2n) is 8.22. The summed E-state index contributed by atoms with van der Waals surface area (Å²) in [6, 6.07) is 9.87. The van der Waals surface area contributed by atoms with Crippen molar-refractivity contribution in [2.24, 2.45) is 0 Å². The second kappa shape index (κ2) is 7.94. The van der Waals surface area contributed by atoms with Gasteiger partial charge >= 0.3 is 0 Å². The number of carbonyl (C=O) groups is 1. The molecule has 1 fully saturated rings. The number of pyridine rings is 1. The summed E-state index contributed by atoms with van der Waals surface area (Å²) in [5.41, 5.74) is 2.64. The highest BCUT2D eigenvalue weighted by Gasteiger charge is 2.28. The van der Waals surface area contributed by atoms with Crippen LogP contribution in [0.3, 0.4) is 0 Å². The summed E-state index contributed by atoms with van der Waals surface area (Å²) in [6.07, 6.45) is 6.77. The lowest BCUT2D eigenvalue weighted by Crippen LogP contribution is -2.38. The van der Waals surface area contributed by atoms with E-state index in [1.807, 2.05) is 27.9 Å². The van der Waals surface area contributed by atoms with E-state index in [-0.39, 0.29) is 17.9 Å². The zero-order valence-corrected chi connectivity index (χ0v) is 17.6. The Bertz CT molecular complexity index is 1210. The van der Waals surface area contributed by atoms with Crippen LogP contribution in [0.25, 0.3) is 22.3 Å². The summed E-state index contributed by atoms with van der Waals surface area (Å²) < 4.78 is 7.61. The summed E-state index contributed by atoms with van der Waals surface area (Å²) >= 11 is 0. The molecule has 0 bridgehead atoms. The summed E-state index contributed by atoms with van der Waals surface area (Å²) in [5.74, 6) is 1.43. The van der Waals surface area contributed by atoms with E-state index in [4.69, 9.17) is 4.52 Å². The second-order valence-corrected chi connectivity index (χ2v) is 8.22. The highest BCUT2D eigenvalue weighted by Crippen LogP contribution is 2.30. The Balaban J connectivity index is 1.30. The summed E-state index contributed by atoms with van der Waals surface area (Å²) in [7, 11) is 0. The lowest BCUT2D eigenvalue weighted by atomic mass is 9.96. The first-order valence-electron chi connectivity index (χ1n) is 10.6. The van der Waals surface area contributed by atoms with E-state index in [0.29, 0.717) is 30.4 Å². The zero-order valence-electron chi connectivity index (χ0n) is 17.6. The predicted octanol–water partition coefficient (Wildman–Crippen LogP) is 4.08. The van der Waals surface area contributed by atoms with Crippen LogP contribution in [0.15, 0.2) is 53.4 Å². The Morgan fingerprint density at radius 3 is 2.65 bits per heavy atom. The third-order valence-corrected chi connectivity index (χ3v) is 5.85. The van der Waals surface area contributed by atoms with Crippen molar-refractivity contribution < 1.29 is 9.32 Å². The van der Waals surface area contributed by atoms with Gasteiger partial charge < -0.3 is 9.42 Å². The van der Waals surface area contributed by atoms with Crippen LogP contribution in [-0.4, -0.2) is 48.8 Å². The third-order valence-electron chi connectivity index (χ3n) is 5.85. The van der Waals surface area contributed by atoms with Gasteiger partial charge in [0.25, 0.3) is 5.91 Å².